The molecular formula is C14H15BrO2. The molecule has 0 saturated carbocycles. The number of rotatable bonds is 4. The van der Waals surface area contributed by atoms with Crippen LogP contribution in [0.3, 0.4) is 0 Å². The zero-order valence-electron chi connectivity index (χ0n) is 9.94. The van der Waals surface area contributed by atoms with Crippen LogP contribution in [-0.4, -0.2) is 6.61 Å². The van der Waals surface area contributed by atoms with Crippen molar-refractivity contribution < 1.29 is 9.15 Å². The molecule has 0 N–H and O–H groups in total. The lowest BCUT2D eigenvalue weighted by atomic mass is 10.1. The van der Waals surface area contributed by atoms with Gasteiger partial charge in [-0.15, -0.1) is 0 Å². The Morgan fingerprint density at radius 3 is 2.47 bits per heavy atom. The van der Waals surface area contributed by atoms with Crippen molar-refractivity contribution in [1.82, 2.24) is 0 Å². The van der Waals surface area contributed by atoms with Crippen LogP contribution in [0.2, 0.25) is 0 Å². The molecule has 1 aromatic heterocycles. The van der Waals surface area contributed by atoms with Gasteiger partial charge < -0.3 is 9.15 Å². The maximum Gasteiger partial charge on any atom is 0.119 e. The van der Waals surface area contributed by atoms with Gasteiger partial charge in [0.25, 0.3) is 0 Å². The van der Waals surface area contributed by atoms with E-state index < -0.39 is 0 Å². The van der Waals surface area contributed by atoms with Gasteiger partial charge >= 0.3 is 0 Å². The van der Waals surface area contributed by atoms with E-state index in [1.165, 1.54) is 5.56 Å². The van der Waals surface area contributed by atoms with Gasteiger partial charge in [0.05, 0.1) is 17.7 Å². The van der Waals surface area contributed by atoms with Crippen molar-refractivity contribution in [2.75, 3.05) is 6.61 Å². The molecule has 0 radical (unpaired) electrons. The molecule has 0 spiro atoms. The van der Waals surface area contributed by atoms with E-state index in [-0.39, 0.29) is 4.83 Å². The van der Waals surface area contributed by atoms with Crippen molar-refractivity contribution in [2.45, 2.75) is 18.7 Å². The minimum absolute atomic E-state index is 0.164. The number of hydrogen-bond donors (Lipinski definition) is 0. The van der Waals surface area contributed by atoms with Crippen LogP contribution in [0.15, 0.2) is 41.0 Å². The molecule has 0 amide bonds. The summed E-state index contributed by atoms with van der Waals surface area (Å²) in [5, 5.41) is 0. The minimum Gasteiger partial charge on any atom is -0.494 e. The molecule has 17 heavy (non-hydrogen) atoms. The summed E-state index contributed by atoms with van der Waals surface area (Å²) in [6.07, 6.45) is 1.72. The lowest BCUT2D eigenvalue weighted by molar-refractivity contribution is 0.340. The molecule has 0 aliphatic rings. The molecule has 1 aromatic carbocycles. The second kappa shape index (κ2) is 5.41. The zero-order chi connectivity index (χ0) is 12.3. The molecule has 0 aliphatic heterocycles. The van der Waals surface area contributed by atoms with E-state index in [9.17, 15) is 0 Å². The molecule has 0 aliphatic carbocycles. The maximum atomic E-state index is 5.42. The lowest BCUT2D eigenvalue weighted by Crippen LogP contribution is -1.94. The first-order valence-electron chi connectivity index (χ1n) is 5.63. The fourth-order valence-electron chi connectivity index (χ4n) is 1.74. The van der Waals surface area contributed by atoms with E-state index in [4.69, 9.17) is 9.15 Å². The van der Waals surface area contributed by atoms with E-state index in [1.807, 2.05) is 32.0 Å². The fourth-order valence-corrected chi connectivity index (χ4v) is 2.52. The standard InChI is InChI=1S/C14H15BrO2/c1-3-16-12-6-4-11(5-7-12)14(15)13-8-9-17-10(13)2/h4-9,14H,3H2,1-2H3. The number of furan rings is 1. The number of halogens is 1. The zero-order valence-corrected chi connectivity index (χ0v) is 11.5. The Labute approximate surface area is 110 Å². The van der Waals surface area contributed by atoms with Gasteiger partial charge in [0.1, 0.15) is 11.5 Å². The highest BCUT2D eigenvalue weighted by atomic mass is 79.9. The molecule has 2 rings (SSSR count). The normalized spacial score (nSPS) is 12.4. The Morgan fingerprint density at radius 2 is 1.94 bits per heavy atom. The molecule has 1 heterocycles. The third-order valence-corrected chi connectivity index (χ3v) is 3.68. The summed E-state index contributed by atoms with van der Waals surface area (Å²) in [5.74, 6) is 1.85. The first kappa shape index (κ1) is 12.2. The largest absolute Gasteiger partial charge is 0.494 e. The first-order chi connectivity index (χ1) is 8.22. The number of hydrogen-bond acceptors (Lipinski definition) is 2. The predicted molar refractivity (Wildman–Crippen MR) is 71.8 cm³/mol. The van der Waals surface area contributed by atoms with Gasteiger partial charge in [-0.25, -0.2) is 0 Å². The van der Waals surface area contributed by atoms with Gasteiger partial charge in [0.2, 0.25) is 0 Å². The van der Waals surface area contributed by atoms with Crippen LogP contribution in [0, 0.1) is 6.92 Å². The van der Waals surface area contributed by atoms with Gasteiger partial charge in [-0.05, 0) is 37.6 Å². The summed E-state index contributed by atoms with van der Waals surface area (Å²) < 4.78 is 10.7. The number of alkyl halides is 1. The topological polar surface area (TPSA) is 22.4 Å². The van der Waals surface area contributed by atoms with Crippen molar-refractivity contribution in [1.29, 1.82) is 0 Å². The SMILES string of the molecule is CCOc1ccc(C(Br)c2ccoc2C)cc1. The van der Waals surface area contributed by atoms with Crippen molar-refractivity contribution in [2.24, 2.45) is 0 Å². The molecule has 1 unspecified atom stereocenters. The Bertz CT molecular complexity index is 473. The average molecular weight is 295 g/mol. The monoisotopic (exact) mass is 294 g/mol. The first-order valence-corrected chi connectivity index (χ1v) is 6.54. The second-order valence-electron chi connectivity index (χ2n) is 3.80. The number of ether oxygens (including phenoxy) is 1. The van der Waals surface area contributed by atoms with Crippen molar-refractivity contribution >= 4 is 15.9 Å². The Hall–Kier alpha value is -1.22. The summed E-state index contributed by atoms with van der Waals surface area (Å²) in [6, 6.07) is 10.1. The molecule has 0 saturated heterocycles. The smallest absolute Gasteiger partial charge is 0.119 e. The van der Waals surface area contributed by atoms with Crippen LogP contribution in [0.25, 0.3) is 0 Å². The molecule has 3 heteroatoms. The summed E-state index contributed by atoms with van der Waals surface area (Å²) in [4.78, 5) is 0.164. The molecule has 0 bridgehead atoms. The predicted octanol–water partition coefficient (Wildman–Crippen LogP) is 4.47. The van der Waals surface area contributed by atoms with Gasteiger partial charge in [-0.1, -0.05) is 28.1 Å². The van der Waals surface area contributed by atoms with E-state index in [0.29, 0.717) is 6.61 Å². The molecule has 0 fully saturated rings. The molecule has 1 atom stereocenters. The number of benzene rings is 1. The van der Waals surface area contributed by atoms with Crippen LogP contribution < -0.4 is 4.74 Å². The van der Waals surface area contributed by atoms with E-state index >= 15 is 0 Å². The van der Waals surface area contributed by atoms with Gasteiger partial charge in [0, 0.05) is 5.56 Å². The maximum absolute atomic E-state index is 5.42. The summed E-state index contributed by atoms with van der Waals surface area (Å²) >= 11 is 3.69. The fraction of sp³-hybridized carbons (Fsp3) is 0.286. The second-order valence-corrected chi connectivity index (χ2v) is 4.71. The lowest BCUT2D eigenvalue weighted by Gasteiger charge is -2.10. The molecule has 90 valence electrons. The highest BCUT2D eigenvalue weighted by molar-refractivity contribution is 9.09. The summed E-state index contributed by atoms with van der Waals surface area (Å²) in [6.45, 7) is 4.64. The van der Waals surface area contributed by atoms with Crippen LogP contribution in [-0.2, 0) is 0 Å². The molecule has 2 aromatic rings. The Balaban J connectivity index is 2.20. The van der Waals surface area contributed by atoms with Crippen LogP contribution in [0.5, 0.6) is 5.75 Å². The van der Waals surface area contributed by atoms with Crippen LogP contribution in [0.4, 0.5) is 0 Å². The Morgan fingerprint density at radius 1 is 1.24 bits per heavy atom. The van der Waals surface area contributed by atoms with Crippen LogP contribution in [0.1, 0.15) is 28.6 Å². The number of aryl methyl sites for hydroxylation is 1. The summed E-state index contributed by atoms with van der Waals surface area (Å²) in [7, 11) is 0. The van der Waals surface area contributed by atoms with Crippen molar-refractivity contribution in [3.63, 3.8) is 0 Å². The molecule has 2 nitrogen and oxygen atoms in total. The van der Waals surface area contributed by atoms with Crippen molar-refractivity contribution in [3.8, 4) is 5.75 Å². The van der Waals surface area contributed by atoms with E-state index in [2.05, 4.69) is 28.1 Å². The van der Waals surface area contributed by atoms with Gasteiger partial charge in [0.15, 0.2) is 0 Å². The highest BCUT2D eigenvalue weighted by Gasteiger charge is 2.14. The van der Waals surface area contributed by atoms with Gasteiger partial charge in [-0.2, -0.15) is 0 Å². The van der Waals surface area contributed by atoms with Crippen molar-refractivity contribution in [3.05, 3.63) is 53.5 Å². The Kier molecular flexibility index (Phi) is 3.89. The summed E-state index contributed by atoms with van der Waals surface area (Å²) in [5.41, 5.74) is 2.35. The quantitative estimate of drug-likeness (QED) is 0.776. The van der Waals surface area contributed by atoms with Gasteiger partial charge in [-0.3, -0.25) is 0 Å². The third kappa shape index (κ3) is 2.72. The third-order valence-electron chi connectivity index (χ3n) is 2.66. The average Bonchev–Trinajstić information content (AvgIpc) is 2.76. The van der Waals surface area contributed by atoms with E-state index in [0.717, 1.165) is 17.1 Å². The molecular weight excluding hydrogens is 280 g/mol. The highest BCUT2D eigenvalue weighted by Crippen LogP contribution is 2.33. The van der Waals surface area contributed by atoms with E-state index in [1.54, 1.807) is 6.26 Å². The van der Waals surface area contributed by atoms with Crippen LogP contribution >= 0.6 is 15.9 Å². The minimum atomic E-state index is 0.164.